The van der Waals surface area contributed by atoms with E-state index in [0.29, 0.717) is 11.7 Å². The van der Waals surface area contributed by atoms with Crippen molar-refractivity contribution in [2.24, 2.45) is 5.92 Å². The van der Waals surface area contributed by atoms with E-state index in [4.69, 9.17) is 4.42 Å². The molecule has 0 bridgehead atoms. The molecular formula is C10H14O2. The van der Waals surface area contributed by atoms with Crippen LogP contribution in [0.2, 0.25) is 0 Å². The zero-order chi connectivity index (χ0) is 9.14. The van der Waals surface area contributed by atoms with Gasteiger partial charge >= 0.3 is 0 Å². The molecule has 1 aromatic heterocycles. The van der Waals surface area contributed by atoms with Gasteiger partial charge in [-0.2, -0.15) is 0 Å². The van der Waals surface area contributed by atoms with E-state index < -0.39 is 0 Å². The highest BCUT2D eigenvalue weighted by molar-refractivity contribution is 5.71. The Labute approximate surface area is 72.6 Å². The number of hydrogen-bond donors (Lipinski definition) is 0. The molecule has 0 spiro atoms. The van der Waals surface area contributed by atoms with Crippen LogP contribution in [0.3, 0.4) is 0 Å². The topological polar surface area (TPSA) is 30.2 Å². The van der Waals surface area contributed by atoms with E-state index in [1.807, 2.05) is 13.0 Å². The van der Waals surface area contributed by atoms with Crippen LogP contribution >= 0.6 is 0 Å². The average molecular weight is 166 g/mol. The summed E-state index contributed by atoms with van der Waals surface area (Å²) >= 11 is 0. The second-order valence-corrected chi connectivity index (χ2v) is 3.45. The molecule has 0 aliphatic carbocycles. The third kappa shape index (κ3) is 1.97. The molecule has 2 nitrogen and oxygen atoms in total. The second-order valence-electron chi connectivity index (χ2n) is 3.45. The Bertz CT molecular complexity index is 271. The van der Waals surface area contributed by atoms with Crippen molar-refractivity contribution in [2.75, 3.05) is 0 Å². The van der Waals surface area contributed by atoms with Gasteiger partial charge in [-0.1, -0.05) is 13.8 Å². The third-order valence-electron chi connectivity index (χ3n) is 1.78. The first-order chi connectivity index (χ1) is 5.63. The van der Waals surface area contributed by atoms with Crippen molar-refractivity contribution in [1.82, 2.24) is 0 Å². The lowest BCUT2D eigenvalue weighted by molar-refractivity contribution is 0.109. The maximum atomic E-state index is 10.4. The van der Waals surface area contributed by atoms with Crippen molar-refractivity contribution in [1.29, 1.82) is 0 Å². The fourth-order valence-electron chi connectivity index (χ4n) is 1.25. The number of aldehydes is 1. The van der Waals surface area contributed by atoms with Gasteiger partial charge in [-0.3, -0.25) is 4.79 Å². The molecule has 0 atom stereocenters. The molecule has 0 saturated carbocycles. The highest BCUT2D eigenvalue weighted by Gasteiger charge is 2.07. The summed E-state index contributed by atoms with van der Waals surface area (Å²) in [7, 11) is 0. The SMILES string of the molecule is Cc1oc(C=O)cc1CC(C)C. The molecule has 1 heterocycles. The summed E-state index contributed by atoms with van der Waals surface area (Å²) in [6, 6.07) is 1.82. The van der Waals surface area contributed by atoms with E-state index >= 15 is 0 Å². The van der Waals surface area contributed by atoms with Crippen LogP contribution < -0.4 is 0 Å². The Hall–Kier alpha value is -1.05. The van der Waals surface area contributed by atoms with Crippen molar-refractivity contribution >= 4 is 6.29 Å². The average Bonchev–Trinajstić information content (AvgIpc) is 2.31. The summed E-state index contributed by atoms with van der Waals surface area (Å²) in [6.07, 6.45) is 1.72. The molecule has 0 aliphatic rings. The fraction of sp³-hybridized carbons (Fsp3) is 0.500. The molecule has 0 saturated heterocycles. The van der Waals surface area contributed by atoms with Crippen LogP contribution in [-0.2, 0) is 6.42 Å². The standard InChI is InChI=1S/C10H14O2/c1-7(2)4-9-5-10(6-11)12-8(9)3/h5-7H,4H2,1-3H3. The molecule has 1 rings (SSSR count). The predicted molar refractivity (Wildman–Crippen MR) is 47.4 cm³/mol. The first-order valence-corrected chi connectivity index (χ1v) is 4.18. The number of carbonyl (C=O) groups is 1. The minimum Gasteiger partial charge on any atom is -0.458 e. The maximum Gasteiger partial charge on any atom is 0.185 e. The normalized spacial score (nSPS) is 10.7. The molecule has 0 aliphatic heterocycles. The van der Waals surface area contributed by atoms with Gasteiger partial charge in [-0.05, 0) is 30.9 Å². The molecule has 0 N–H and O–H groups in total. The Morgan fingerprint density at radius 2 is 2.25 bits per heavy atom. The van der Waals surface area contributed by atoms with Gasteiger partial charge < -0.3 is 4.42 Å². The van der Waals surface area contributed by atoms with E-state index in [9.17, 15) is 4.79 Å². The minimum absolute atomic E-state index is 0.433. The molecule has 0 fully saturated rings. The van der Waals surface area contributed by atoms with Crippen LogP contribution in [0.25, 0.3) is 0 Å². The molecule has 12 heavy (non-hydrogen) atoms. The van der Waals surface area contributed by atoms with Crippen LogP contribution in [0.5, 0.6) is 0 Å². The largest absolute Gasteiger partial charge is 0.458 e. The predicted octanol–water partition coefficient (Wildman–Crippen LogP) is 2.60. The highest BCUT2D eigenvalue weighted by Crippen LogP contribution is 2.16. The van der Waals surface area contributed by atoms with Gasteiger partial charge in [0.05, 0.1) is 0 Å². The summed E-state index contributed by atoms with van der Waals surface area (Å²) in [5, 5.41) is 0. The summed E-state index contributed by atoms with van der Waals surface area (Å²) < 4.78 is 5.20. The first-order valence-electron chi connectivity index (χ1n) is 4.18. The lowest BCUT2D eigenvalue weighted by atomic mass is 10.0. The number of carbonyl (C=O) groups excluding carboxylic acids is 1. The molecule has 0 radical (unpaired) electrons. The highest BCUT2D eigenvalue weighted by atomic mass is 16.3. The summed E-state index contributed by atoms with van der Waals surface area (Å²) in [4.78, 5) is 10.4. The molecule has 0 aromatic carbocycles. The molecule has 0 unspecified atom stereocenters. The number of hydrogen-bond acceptors (Lipinski definition) is 2. The van der Waals surface area contributed by atoms with Gasteiger partial charge in [0, 0.05) is 0 Å². The molecule has 2 heteroatoms. The smallest absolute Gasteiger partial charge is 0.185 e. The zero-order valence-corrected chi connectivity index (χ0v) is 7.76. The van der Waals surface area contributed by atoms with E-state index in [1.165, 1.54) is 0 Å². The van der Waals surface area contributed by atoms with Gasteiger partial charge in [0.15, 0.2) is 12.0 Å². The number of rotatable bonds is 3. The van der Waals surface area contributed by atoms with Crippen molar-refractivity contribution < 1.29 is 9.21 Å². The van der Waals surface area contributed by atoms with E-state index in [1.54, 1.807) is 0 Å². The number of furan rings is 1. The van der Waals surface area contributed by atoms with Crippen molar-refractivity contribution in [3.63, 3.8) is 0 Å². The second kappa shape index (κ2) is 3.57. The summed E-state index contributed by atoms with van der Waals surface area (Å²) in [5.74, 6) is 1.90. The Balaban J connectivity index is 2.84. The quantitative estimate of drug-likeness (QED) is 0.646. The van der Waals surface area contributed by atoms with Gasteiger partial charge in [0.2, 0.25) is 0 Å². The monoisotopic (exact) mass is 166 g/mol. The molecule has 66 valence electrons. The third-order valence-corrected chi connectivity index (χ3v) is 1.78. The van der Waals surface area contributed by atoms with Crippen molar-refractivity contribution in [2.45, 2.75) is 27.2 Å². The van der Waals surface area contributed by atoms with Crippen LogP contribution in [0, 0.1) is 12.8 Å². The van der Waals surface area contributed by atoms with Gasteiger partial charge in [-0.15, -0.1) is 0 Å². The summed E-state index contributed by atoms with van der Waals surface area (Å²) in [5.41, 5.74) is 1.15. The van der Waals surface area contributed by atoms with E-state index in [2.05, 4.69) is 13.8 Å². The minimum atomic E-state index is 0.433. The lowest BCUT2D eigenvalue weighted by Crippen LogP contribution is -1.93. The van der Waals surface area contributed by atoms with E-state index in [0.717, 1.165) is 24.0 Å². The molecular weight excluding hydrogens is 152 g/mol. The van der Waals surface area contributed by atoms with Crippen LogP contribution in [0.4, 0.5) is 0 Å². The van der Waals surface area contributed by atoms with Gasteiger partial charge in [0.25, 0.3) is 0 Å². The Morgan fingerprint density at radius 3 is 2.67 bits per heavy atom. The first kappa shape index (κ1) is 9.04. The fourth-order valence-corrected chi connectivity index (χ4v) is 1.25. The van der Waals surface area contributed by atoms with Crippen LogP contribution in [-0.4, -0.2) is 6.29 Å². The zero-order valence-electron chi connectivity index (χ0n) is 7.76. The van der Waals surface area contributed by atoms with Crippen LogP contribution in [0.15, 0.2) is 10.5 Å². The molecule has 1 aromatic rings. The van der Waals surface area contributed by atoms with Crippen molar-refractivity contribution in [3.05, 3.63) is 23.2 Å². The summed E-state index contributed by atoms with van der Waals surface area (Å²) in [6.45, 7) is 6.19. The maximum absolute atomic E-state index is 10.4. The van der Waals surface area contributed by atoms with Gasteiger partial charge in [0.1, 0.15) is 5.76 Å². The molecule has 0 amide bonds. The van der Waals surface area contributed by atoms with E-state index in [-0.39, 0.29) is 0 Å². The Morgan fingerprint density at radius 1 is 1.58 bits per heavy atom. The van der Waals surface area contributed by atoms with Crippen molar-refractivity contribution in [3.8, 4) is 0 Å². The van der Waals surface area contributed by atoms with Gasteiger partial charge in [-0.25, -0.2) is 0 Å². The Kier molecular flexibility index (Phi) is 2.69. The van der Waals surface area contributed by atoms with Crippen LogP contribution in [0.1, 0.15) is 35.7 Å². The number of aryl methyl sites for hydroxylation is 1. The lowest BCUT2D eigenvalue weighted by Gasteiger charge is -2.00.